The molecule has 1 aromatic rings. The molecule has 0 radical (unpaired) electrons. The van der Waals surface area contributed by atoms with Gasteiger partial charge < -0.3 is 9.47 Å². The highest BCUT2D eigenvalue weighted by molar-refractivity contribution is 7.90. The van der Waals surface area contributed by atoms with Crippen LogP contribution in [-0.2, 0) is 14.8 Å². The summed E-state index contributed by atoms with van der Waals surface area (Å²) < 4.78 is 37.8. The Balaban J connectivity index is 1.31. The normalized spacial score (nSPS) is 27.0. The van der Waals surface area contributed by atoms with Crippen LogP contribution in [0.15, 0.2) is 24.5 Å². The summed E-state index contributed by atoms with van der Waals surface area (Å²) in [7, 11) is -3.07. The molecule has 2 aliphatic heterocycles. The van der Waals surface area contributed by atoms with Crippen LogP contribution in [0.2, 0.25) is 0 Å². The first kappa shape index (κ1) is 15.4. The third-order valence-corrected chi connectivity index (χ3v) is 7.45. The second kappa shape index (κ2) is 5.72. The molecule has 0 N–H and O–H groups in total. The molecule has 126 valence electrons. The summed E-state index contributed by atoms with van der Waals surface area (Å²) in [6.07, 6.45) is 6.91. The van der Waals surface area contributed by atoms with E-state index in [1.54, 1.807) is 16.7 Å². The molecule has 1 saturated carbocycles. The number of ether oxygens (including phenoxy) is 2. The van der Waals surface area contributed by atoms with E-state index in [0.717, 1.165) is 38.0 Å². The zero-order chi connectivity index (χ0) is 15.9. The van der Waals surface area contributed by atoms with Crippen molar-refractivity contribution in [2.45, 2.75) is 36.5 Å². The van der Waals surface area contributed by atoms with E-state index in [-0.39, 0.29) is 10.9 Å². The van der Waals surface area contributed by atoms with Crippen molar-refractivity contribution in [2.75, 3.05) is 26.3 Å². The quantitative estimate of drug-likeness (QED) is 0.785. The Bertz CT molecular complexity index is 654. The van der Waals surface area contributed by atoms with Crippen molar-refractivity contribution in [3.63, 3.8) is 0 Å². The number of rotatable bonds is 6. The van der Waals surface area contributed by atoms with Gasteiger partial charge in [0.25, 0.3) is 0 Å². The minimum Gasteiger partial charge on any atom is -0.492 e. The molecule has 23 heavy (non-hydrogen) atoms. The van der Waals surface area contributed by atoms with Gasteiger partial charge >= 0.3 is 0 Å². The summed E-state index contributed by atoms with van der Waals surface area (Å²) in [6.45, 7) is 2.36. The van der Waals surface area contributed by atoms with Crippen LogP contribution in [0.3, 0.4) is 0 Å². The first-order chi connectivity index (χ1) is 11.1. The smallest absolute Gasteiger partial charge is 0.217 e. The molecule has 3 heterocycles. The maximum absolute atomic E-state index is 12.3. The van der Waals surface area contributed by atoms with Crippen molar-refractivity contribution in [3.05, 3.63) is 24.5 Å². The summed E-state index contributed by atoms with van der Waals surface area (Å²) in [5, 5.41) is -0.131. The van der Waals surface area contributed by atoms with Crippen LogP contribution >= 0.6 is 0 Å². The van der Waals surface area contributed by atoms with Crippen LogP contribution in [0.25, 0.3) is 0 Å². The zero-order valence-corrected chi connectivity index (χ0v) is 13.9. The number of sulfonamides is 1. The van der Waals surface area contributed by atoms with Crippen LogP contribution in [0, 0.1) is 5.92 Å². The van der Waals surface area contributed by atoms with E-state index in [9.17, 15) is 8.42 Å². The fourth-order valence-corrected chi connectivity index (χ4v) is 5.55. The minimum atomic E-state index is -3.07. The summed E-state index contributed by atoms with van der Waals surface area (Å²) in [6, 6.07) is 3.74. The topological polar surface area (TPSA) is 68.7 Å². The molecule has 1 atom stereocenters. The molecular formula is C16H22N2O4S. The van der Waals surface area contributed by atoms with Gasteiger partial charge in [-0.15, -0.1) is 0 Å². The van der Waals surface area contributed by atoms with Crippen molar-refractivity contribution in [3.8, 4) is 5.75 Å². The van der Waals surface area contributed by atoms with E-state index in [1.165, 1.54) is 0 Å². The van der Waals surface area contributed by atoms with Gasteiger partial charge in [-0.1, -0.05) is 0 Å². The summed E-state index contributed by atoms with van der Waals surface area (Å²) in [5.41, 5.74) is -0.278. The average molecular weight is 338 g/mol. The largest absolute Gasteiger partial charge is 0.492 e. The van der Waals surface area contributed by atoms with Gasteiger partial charge in [0, 0.05) is 25.9 Å². The Morgan fingerprint density at radius 2 is 2.17 bits per heavy atom. The van der Waals surface area contributed by atoms with Gasteiger partial charge in [-0.3, -0.25) is 4.98 Å². The fraction of sp³-hybridized carbons (Fsp3) is 0.688. The van der Waals surface area contributed by atoms with Gasteiger partial charge in [0.05, 0.1) is 23.7 Å². The highest BCUT2D eigenvalue weighted by Crippen LogP contribution is 2.45. The lowest BCUT2D eigenvalue weighted by Gasteiger charge is -2.49. The van der Waals surface area contributed by atoms with Gasteiger partial charge in [0.2, 0.25) is 10.0 Å². The molecular weight excluding hydrogens is 316 g/mol. The SMILES string of the molecule is O=S(=O)(C1CC1)N1CC2(C1)OCCC2CCOc1cccnc1. The van der Waals surface area contributed by atoms with E-state index in [1.807, 2.05) is 12.1 Å². The molecule has 1 unspecified atom stereocenters. The second-order valence-corrected chi connectivity index (χ2v) is 8.95. The molecule has 0 bridgehead atoms. The lowest BCUT2D eigenvalue weighted by Crippen LogP contribution is -2.66. The van der Waals surface area contributed by atoms with E-state index in [2.05, 4.69) is 4.98 Å². The maximum Gasteiger partial charge on any atom is 0.217 e. The van der Waals surface area contributed by atoms with Crippen LogP contribution in [0.4, 0.5) is 0 Å². The number of hydrogen-bond donors (Lipinski definition) is 0. The number of nitrogens with zero attached hydrogens (tertiary/aromatic N) is 2. The third kappa shape index (κ3) is 2.86. The molecule has 3 fully saturated rings. The second-order valence-electron chi connectivity index (χ2n) is 6.74. The van der Waals surface area contributed by atoms with Crippen molar-refractivity contribution >= 4 is 10.0 Å². The van der Waals surface area contributed by atoms with Crippen molar-refractivity contribution in [1.29, 1.82) is 0 Å². The van der Waals surface area contributed by atoms with Crippen LogP contribution < -0.4 is 4.74 Å². The molecule has 7 heteroatoms. The molecule has 6 nitrogen and oxygen atoms in total. The number of aromatic nitrogens is 1. The van der Waals surface area contributed by atoms with Crippen molar-refractivity contribution in [2.24, 2.45) is 5.92 Å². The van der Waals surface area contributed by atoms with Crippen molar-refractivity contribution in [1.82, 2.24) is 9.29 Å². The molecule has 1 aromatic heterocycles. The highest BCUT2D eigenvalue weighted by atomic mass is 32.2. The Kier molecular flexibility index (Phi) is 3.82. The van der Waals surface area contributed by atoms with E-state index >= 15 is 0 Å². The first-order valence-electron chi connectivity index (χ1n) is 8.26. The number of hydrogen-bond acceptors (Lipinski definition) is 5. The van der Waals surface area contributed by atoms with Crippen LogP contribution in [0.5, 0.6) is 5.75 Å². The lowest BCUT2D eigenvalue weighted by molar-refractivity contribution is -0.104. The molecule has 3 aliphatic rings. The summed E-state index contributed by atoms with van der Waals surface area (Å²) >= 11 is 0. The predicted molar refractivity (Wildman–Crippen MR) is 84.7 cm³/mol. The molecule has 0 aromatic carbocycles. The van der Waals surface area contributed by atoms with Gasteiger partial charge in [0.1, 0.15) is 5.75 Å². The maximum atomic E-state index is 12.3. The third-order valence-electron chi connectivity index (χ3n) is 5.16. The van der Waals surface area contributed by atoms with Crippen LogP contribution in [-0.4, -0.2) is 54.9 Å². The monoisotopic (exact) mass is 338 g/mol. The van der Waals surface area contributed by atoms with Crippen LogP contribution in [0.1, 0.15) is 25.7 Å². The predicted octanol–water partition coefficient (Wildman–Crippen LogP) is 1.43. The van der Waals surface area contributed by atoms with Gasteiger partial charge in [-0.2, -0.15) is 4.31 Å². The zero-order valence-electron chi connectivity index (χ0n) is 13.1. The molecule has 2 saturated heterocycles. The minimum absolute atomic E-state index is 0.131. The van der Waals surface area contributed by atoms with E-state index < -0.39 is 10.0 Å². The van der Waals surface area contributed by atoms with Crippen molar-refractivity contribution < 1.29 is 17.9 Å². The Morgan fingerprint density at radius 1 is 1.35 bits per heavy atom. The standard InChI is InChI=1S/C16H22N2O4S/c19-23(20,15-3-4-15)18-11-16(12-18)13(6-9-22-16)5-8-21-14-2-1-7-17-10-14/h1-2,7,10,13,15H,3-6,8-9,11-12H2. The average Bonchev–Trinajstić information content (AvgIpc) is 3.28. The lowest BCUT2D eigenvalue weighted by atomic mass is 9.80. The van der Waals surface area contributed by atoms with E-state index in [4.69, 9.17) is 9.47 Å². The molecule has 0 amide bonds. The Morgan fingerprint density at radius 3 is 2.87 bits per heavy atom. The van der Waals surface area contributed by atoms with Gasteiger partial charge in [0.15, 0.2) is 0 Å². The molecule has 4 rings (SSSR count). The summed E-state index contributed by atoms with van der Waals surface area (Å²) in [5.74, 6) is 1.14. The number of pyridine rings is 1. The van der Waals surface area contributed by atoms with Gasteiger partial charge in [-0.05, 0) is 43.7 Å². The van der Waals surface area contributed by atoms with Gasteiger partial charge in [-0.25, -0.2) is 8.42 Å². The molecule has 1 spiro atoms. The summed E-state index contributed by atoms with van der Waals surface area (Å²) in [4.78, 5) is 4.03. The fourth-order valence-electron chi connectivity index (χ4n) is 3.60. The molecule has 1 aliphatic carbocycles. The first-order valence-corrected chi connectivity index (χ1v) is 9.76. The Hall–Kier alpha value is -1.18. The van der Waals surface area contributed by atoms with E-state index in [0.29, 0.717) is 25.6 Å². The Labute approximate surface area is 136 Å². The highest BCUT2D eigenvalue weighted by Gasteiger charge is 2.58.